The van der Waals surface area contributed by atoms with Crippen LogP contribution in [-0.4, -0.2) is 48.4 Å². The predicted octanol–water partition coefficient (Wildman–Crippen LogP) is 4.32. The van der Waals surface area contributed by atoms with Crippen LogP contribution in [0.2, 0.25) is 5.02 Å². The Balaban J connectivity index is 1.61. The molecule has 2 aromatic carbocycles. The number of nitrogens with zero attached hydrogens (tertiary/aromatic N) is 2. The van der Waals surface area contributed by atoms with E-state index in [1.807, 2.05) is 42.5 Å². The second-order valence-corrected chi connectivity index (χ2v) is 7.71. The number of piperidine rings is 1. The number of halogens is 1. The number of ether oxygens (including phenoxy) is 1. The molecule has 0 radical (unpaired) electrons. The quantitative estimate of drug-likeness (QED) is 0.604. The lowest BCUT2D eigenvalue weighted by Gasteiger charge is -2.36. The number of carbonyl (C=O) groups excluding carboxylic acids is 2. The molecule has 6 heteroatoms. The Kier molecular flexibility index (Phi) is 7.53. The molecule has 1 atom stereocenters. The maximum Gasteiger partial charge on any atom is 0.249 e. The van der Waals surface area contributed by atoms with Crippen LogP contribution in [0.1, 0.15) is 37.3 Å². The van der Waals surface area contributed by atoms with E-state index in [9.17, 15) is 9.59 Å². The molecule has 0 aliphatic carbocycles. The molecule has 154 valence electrons. The molecule has 1 fully saturated rings. The van der Waals surface area contributed by atoms with Crippen LogP contribution < -0.4 is 4.74 Å². The van der Waals surface area contributed by atoms with Gasteiger partial charge in [0.2, 0.25) is 11.8 Å². The Bertz CT molecular complexity index is 828. The first-order valence-electron chi connectivity index (χ1n) is 10.0. The predicted molar refractivity (Wildman–Crippen MR) is 114 cm³/mol. The zero-order valence-electron chi connectivity index (χ0n) is 16.7. The first kappa shape index (κ1) is 21.2. The van der Waals surface area contributed by atoms with Crippen molar-refractivity contribution in [3.63, 3.8) is 0 Å². The number of carbonyl (C=O) groups is 2. The molecule has 1 aliphatic rings. The normalized spacial score (nSPS) is 15.1. The molecular weight excluding hydrogens is 388 g/mol. The van der Waals surface area contributed by atoms with Gasteiger partial charge in [-0.25, -0.2) is 0 Å². The van der Waals surface area contributed by atoms with E-state index < -0.39 is 6.04 Å². The number of likely N-dealkylation sites (N-methyl/N-ethyl adjacent to an activating group) is 1. The SMILES string of the molecule is CN(CCCOc1cccc(Cl)c1)C(=O)C(c1ccccc1)N1CCCCC1=O. The number of benzene rings is 2. The summed E-state index contributed by atoms with van der Waals surface area (Å²) in [6, 6.07) is 16.3. The minimum atomic E-state index is -0.567. The van der Waals surface area contributed by atoms with Crippen LogP contribution in [0.5, 0.6) is 5.75 Å². The zero-order valence-corrected chi connectivity index (χ0v) is 17.5. The van der Waals surface area contributed by atoms with Gasteiger partial charge in [0.25, 0.3) is 0 Å². The van der Waals surface area contributed by atoms with Crippen LogP contribution in [0.15, 0.2) is 54.6 Å². The van der Waals surface area contributed by atoms with Gasteiger partial charge in [0.05, 0.1) is 6.61 Å². The zero-order chi connectivity index (χ0) is 20.6. The monoisotopic (exact) mass is 414 g/mol. The molecule has 1 unspecified atom stereocenters. The molecule has 0 bridgehead atoms. The number of rotatable bonds is 8. The third-order valence-electron chi connectivity index (χ3n) is 5.10. The van der Waals surface area contributed by atoms with Crippen molar-refractivity contribution in [3.05, 3.63) is 65.2 Å². The molecule has 2 aromatic rings. The molecule has 1 heterocycles. The average molecular weight is 415 g/mol. The number of amides is 2. The van der Waals surface area contributed by atoms with Crippen LogP contribution in [0, 0.1) is 0 Å². The molecule has 0 N–H and O–H groups in total. The second kappa shape index (κ2) is 10.3. The van der Waals surface area contributed by atoms with Crippen molar-refractivity contribution >= 4 is 23.4 Å². The highest BCUT2D eigenvalue weighted by molar-refractivity contribution is 6.30. The Morgan fingerprint density at radius 1 is 1.17 bits per heavy atom. The highest BCUT2D eigenvalue weighted by Gasteiger charge is 2.34. The molecule has 0 saturated carbocycles. The lowest BCUT2D eigenvalue weighted by Crippen LogP contribution is -2.46. The summed E-state index contributed by atoms with van der Waals surface area (Å²) >= 11 is 5.96. The van der Waals surface area contributed by atoms with Crippen molar-refractivity contribution in [2.45, 2.75) is 31.7 Å². The maximum atomic E-state index is 13.3. The molecular formula is C23H27ClN2O3. The van der Waals surface area contributed by atoms with Crippen LogP contribution in [0.25, 0.3) is 0 Å². The van der Waals surface area contributed by atoms with E-state index >= 15 is 0 Å². The van der Waals surface area contributed by atoms with Gasteiger partial charge in [0.15, 0.2) is 0 Å². The topological polar surface area (TPSA) is 49.9 Å². The average Bonchev–Trinajstić information content (AvgIpc) is 2.73. The first-order valence-corrected chi connectivity index (χ1v) is 10.4. The van der Waals surface area contributed by atoms with Gasteiger partial charge in [-0.15, -0.1) is 0 Å². The van der Waals surface area contributed by atoms with E-state index in [0.717, 1.165) is 18.4 Å². The Labute approximate surface area is 177 Å². The molecule has 1 saturated heterocycles. The van der Waals surface area contributed by atoms with E-state index in [0.29, 0.717) is 43.3 Å². The van der Waals surface area contributed by atoms with E-state index in [1.165, 1.54) is 0 Å². The fraction of sp³-hybridized carbons (Fsp3) is 0.391. The van der Waals surface area contributed by atoms with E-state index in [4.69, 9.17) is 16.3 Å². The lowest BCUT2D eigenvalue weighted by atomic mass is 10.00. The van der Waals surface area contributed by atoms with Crippen molar-refractivity contribution in [1.82, 2.24) is 9.80 Å². The number of likely N-dealkylation sites (tertiary alicyclic amines) is 1. The second-order valence-electron chi connectivity index (χ2n) is 7.28. The van der Waals surface area contributed by atoms with Crippen molar-refractivity contribution in [2.24, 2.45) is 0 Å². The van der Waals surface area contributed by atoms with Crippen LogP contribution >= 0.6 is 11.6 Å². The van der Waals surface area contributed by atoms with Crippen molar-refractivity contribution in [3.8, 4) is 5.75 Å². The van der Waals surface area contributed by atoms with Gasteiger partial charge in [-0.2, -0.15) is 0 Å². The van der Waals surface area contributed by atoms with E-state index in [1.54, 1.807) is 29.0 Å². The summed E-state index contributed by atoms with van der Waals surface area (Å²) in [5, 5.41) is 0.631. The summed E-state index contributed by atoms with van der Waals surface area (Å²) in [7, 11) is 1.78. The van der Waals surface area contributed by atoms with E-state index in [2.05, 4.69) is 0 Å². The molecule has 2 amide bonds. The van der Waals surface area contributed by atoms with Crippen molar-refractivity contribution in [2.75, 3.05) is 26.7 Å². The fourth-order valence-electron chi connectivity index (χ4n) is 3.56. The van der Waals surface area contributed by atoms with Crippen molar-refractivity contribution in [1.29, 1.82) is 0 Å². The minimum Gasteiger partial charge on any atom is -0.493 e. The fourth-order valence-corrected chi connectivity index (χ4v) is 3.74. The Hall–Kier alpha value is -2.53. The van der Waals surface area contributed by atoms with Gasteiger partial charge in [-0.05, 0) is 43.0 Å². The Morgan fingerprint density at radius 3 is 2.69 bits per heavy atom. The smallest absolute Gasteiger partial charge is 0.249 e. The standard InChI is InChI=1S/C23H27ClN2O3/c1-25(14-8-16-29-20-12-7-11-19(24)17-20)23(28)22(18-9-3-2-4-10-18)26-15-6-5-13-21(26)27/h2-4,7,9-12,17,22H,5-6,8,13-16H2,1H3. The van der Waals surface area contributed by atoms with E-state index in [-0.39, 0.29) is 11.8 Å². The van der Waals surface area contributed by atoms with Crippen LogP contribution in [0.4, 0.5) is 0 Å². The van der Waals surface area contributed by atoms with Crippen LogP contribution in [0.3, 0.4) is 0 Å². The molecule has 1 aliphatic heterocycles. The van der Waals surface area contributed by atoms with Gasteiger partial charge in [0.1, 0.15) is 11.8 Å². The minimum absolute atomic E-state index is 0.0520. The number of hydrogen-bond donors (Lipinski definition) is 0. The third kappa shape index (κ3) is 5.73. The molecule has 0 spiro atoms. The van der Waals surface area contributed by atoms with Gasteiger partial charge in [0, 0.05) is 31.6 Å². The van der Waals surface area contributed by atoms with Crippen LogP contribution in [-0.2, 0) is 9.59 Å². The van der Waals surface area contributed by atoms with Gasteiger partial charge in [-0.3, -0.25) is 9.59 Å². The first-order chi connectivity index (χ1) is 14.1. The molecule has 5 nitrogen and oxygen atoms in total. The summed E-state index contributed by atoms with van der Waals surface area (Å²) < 4.78 is 5.71. The molecule has 0 aromatic heterocycles. The largest absolute Gasteiger partial charge is 0.493 e. The summed E-state index contributed by atoms with van der Waals surface area (Å²) in [6.07, 6.45) is 3.01. The van der Waals surface area contributed by atoms with Crippen molar-refractivity contribution < 1.29 is 14.3 Å². The highest BCUT2D eigenvalue weighted by Crippen LogP contribution is 2.27. The van der Waals surface area contributed by atoms with Gasteiger partial charge < -0.3 is 14.5 Å². The maximum absolute atomic E-state index is 13.3. The summed E-state index contributed by atoms with van der Waals surface area (Å²) in [6.45, 7) is 1.65. The summed E-state index contributed by atoms with van der Waals surface area (Å²) in [5.74, 6) is 0.706. The summed E-state index contributed by atoms with van der Waals surface area (Å²) in [5.41, 5.74) is 0.856. The van der Waals surface area contributed by atoms with Gasteiger partial charge in [-0.1, -0.05) is 48.0 Å². The summed E-state index contributed by atoms with van der Waals surface area (Å²) in [4.78, 5) is 29.2. The molecule has 3 rings (SSSR count). The number of hydrogen-bond acceptors (Lipinski definition) is 3. The Morgan fingerprint density at radius 2 is 1.97 bits per heavy atom. The third-order valence-corrected chi connectivity index (χ3v) is 5.33. The highest BCUT2D eigenvalue weighted by atomic mass is 35.5. The van der Waals surface area contributed by atoms with Gasteiger partial charge >= 0.3 is 0 Å². The molecule has 29 heavy (non-hydrogen) atoms. The lowest BCUT2D eigenvalue weighted by molar-refractivity contribution is -0.147.